The van der Waals surface area contributed by atoms with E-state index in [1.165, 1.54) is 25.5 Å². The Balaban J connectivity index is 1.50. The van der Waals surface area contributed by atoms with Crippen molar-refractivity contribution >= 4 is 17.6 Å². The van der Waals surface area contributed by atoms with Gasteiger partial charge in [0.15, 0.2) is 0 Å². The van der Waals surface area contributed by atoms with Gasteiger partial charge in [0, 0.05) is 5.56 Å². The predicted octanol–water partition coefficient (Wildman–Crippen LogP) is 6.68. The van der Waals surface area contributed by atoms with Gasteiger partial charge in [-0.1, -0.05) is 51.1 Å². The van der Waals surface area contributed by atoms with E-state index in [0.717, 1.165) is 36.8 Å². The minimum atomic E-state index is -0.524. The Hall–Kier alpha value is -2.95. The van der Waals surface area contributed by atoms with Crippen molar-refractivity contribution in [3.05, 3.63) is 70.8 Å². The lowest BCUT2D eigenvalue weighted by molar-refractivity contribution is -0.132. The SMILES string of the molecule is COC(=O)c1ccc([C@@H](C)N2C(=O)C(c3cccc(C4CC4)c3)=NC23CCC(C(C)(C)C)CC3)cc1. The van der Waals surface area contributed by atoms with Crippen LogP contribution >= 0.6 is 0 Å². The second-order valence-corrected chi connectivity index (χ2v) is 11.9. The maximum Gasteiger partial charge on any atom is 0.337 e. The first-order valence-corrected chi connectivity index (χ1v) is 13.3. The van der Waals surface area contributed by atoms with Gasteiger partial charge < -0.3 is 9.64 Å². The van der Waals surface area contributed by atoms with E-state index in [0.29, 0.717) is 23.1 Å². The van der Waals surface area contributed by atoms with Gasteiger partial charge in [-0.25, -0.2) is 4.79 Å². The number of hydrogen-bond donors (Lipinski definition) is 0. The molecule has 0 N–H and O–H groups in total. The van der Waals surface area contributed by atoms with Crippen LogP contribution in [-0.4, -0.2) is 35.3 Å². The number of carbonyl (C=O) groups is 2. The highest BCUT2D eigenvalue weighted by Gasteiger charge is 2.52. The van der Waals surface area contributed by atoms with Crippen molar-refractivity contribution in [1.29, 1.82) is 0 Å². The molecule has 2 aliphatic carbocycles. The van der Waals surface area contributed by atoms with Crippen LogP contribution in [0.1, 0.15) is 105 Å². The van der Waals surface area contributed by atoms with Gasteiger partial charge in [0.1, 0.15) is 11.4 Å². The second-order valence-electron chi connectivity index (χ2n) is 11.9. The van der Waals surface area contributed by atoms with E-state index in [9.17, 15) is 9.59 Å². The monoisotopic (exact) mass is 486 g/mol. The highest BCUT2D eigenvalue weighted by molar-refractivity contribution is 6.46. The van der Waals surface area contributed by atoms with E-state index in [4.69, 9.17) is 9.73 Å². The fourth-order valence-electron chi connectivity index (χ4n) is 6.16. The predicted molar refractivity (Wildman–Crippen MR) is 142 cm³/mol. The number of hydrogen-bond acceptors (Lipinski definition) is 4. The summed E-state index contributed by atoms with van der Waals surface area (Å²) in [6.07, 6.45) is 6.31. The van der Waals surface area contributed by atoms with Crippen molar-refractivity contribution in [3.63, 3.8) is 0 Å². The van der Waals surface area contributed by atoms with Crippen LogP contribution in [0.5, 0.6) is 0 Å². The molecule has 2 fully saturated rings. The normalized spacial score (nSPS) is 25.1. The number of aliphatic imine (C=N–C) groups is 1. The van der Waals surface area contributed by atoms with Crippen molar-refractivity contribution < 1.29 is 14.3 Å². The van der Waals surface area contributed by atoms with Crippen molar-refractivity contribution in [1.82, 2.24) is 4.90 Å². The van der Waals surface area contributed by atoms with Crippen LogP contribution in [0.2, 0.25) is 0 Å². The summed E-state index contributed by atoms with van der Waals surface area (Å²) in [5, 5.41) is 0. The smallest absolute Gasteiger partial charge is 0.337 e. The maximum absolute atomic E-state index is 14.1. The number of rotatable bonds is 5. The standard InChI is InChI=1S/C31H38N2O3/c1-20(21-9-13-23(14-10-21)29(35)36-5)33-28(34)27(25-8-6-7-24(19-25)22-11-12-22)32-31(33)17-15-26(16-18-31)30(2,3)4/h6-10,13-14,19-20,22,26H,11-12,15-18H2,1-5H3/t20-,26?,31?/m1/s1. The fraction of sp³-hybridized carbons (Fsp3) is 0.516. The van der Waals surface area contributed by atoms with E-state index in [-0.39, 0.29) is 23.3 Å². The summed E-state index contributed by atoms with van der Waals surface area (Å²) >= 11 is 0. The van der Waals surface area contributed by atoms with Gasteiger partial charge in [-0.3, -0.25) is 9.79 Å². The molecule has 0 saturated heterocycles. The van der Waals surface area contributed by atoms with Gasteiger partial charge in [0.2, 0.25) is 0 Å². The highest BCUT2D eigenvalue weighted by Crippen LogP contribution is 2.49. The molecule has 36 heavy (non-hydrogen) atoms. The Morgan fingerprint density at radius 3 is 2.31 bits per heavy atom. The number of amides is 1. The third kappa shape index (κ3) is 4.49. The van der Waals surface area contributed by atoms with Crippen LogP contribution < -0.4 is 0 Å². The van der Waals surface area contributed by atoms with E-state index < -0.39 is 5.66 Å². The summed E-state index contributed by atoms with van der Waals surface area (Å²) in [7, 11) is 1.39. The Morgan fingerprint density at radius 2 is 1.72 bits per heavy atom. The van der Waals surface area contributed by atoms with E-state index >= 15 is 0 Å². The van der Waals surface area contributed by atoms with Gasteiger partial charge in [-0.15, -0.1) is 0 Å². The maximum atomic E-state index is 14.1. The molecule has 5 rings (SSSR count). The molecule has 1 atom stereocenters. The van der Waals surface area contributed by atoms with E-state index in [1.807, 2.05) is 23.1 Å². The Kier molecular flexibility index (Phi) is 6.30. The molecule has 190 valence electrons. The summed E-state index contributed by atoms with van der Waals surface area (Å²) in [5.41, 5.74) is 4.09. The summed E-state index contributed by atoms with van der Waals surface area (Å²) in [5.74, 6) is 0.903. The van der Waals surface area contributed by atoms with Crippen LogP contribution in [0, 0.1) is 11.3 Å². The van der Waals surface area contributed by atoms with Crippen LogP contribution in [0.3, 0.4) is 0 Å². The molecular formula is C31H38N2O3. The third-order valence-corrected chi connectivity index (χ3v) is 8.61. The molecule has 0 aromatic heterocycles. The van der Waals surface area contributed by atoms with Crippen LogP contribution in [0.25, 0.3) is 0 Å². The minimum absolute atomic E-state index is 0.0155. The number of methoxy groups -OCH3 is 1. The molecule has 3 aliphatic rings. The van der Waals surface area contributed by atoms with Crippen LogP contribution in [0.4, 0.5) is 0 Å². The molecule has 0 radical (unpaired) electrons. The molecule has 5 nitrogen and oxygen atoms in total. The summed E-state index contributed by atoms with van der Waals surface area (Å²) in [4.78, 5) is 33.4. The van der Waals surface area contributed by atoms with Gasteiger partial charge >= 0.3 is 5.97 Å². The third-order valence-electron chi connectivity index (χ3n) is 8.61. The molecular weight excluding hydrogens is 448 g/mol. The zero-order valence-electron chi connectivity index (χ0n) is 22.2. The molecule has 2 saturated carbocycles. The summed E-state index contributed by atoms with van der Waals surface area (Å²) in [6.45, 7) is 9.03. The first-order chi connectivity index (χ1) is 17.1. The number of carbonyl (C=O) groups excluding carboxylic acids is 2. The van der Waals surface area contributed by atoms with E-state index in [2.05, 4.69) is 45.9 Å². The Bertz CT molecular complexity index is 1180. The van der Waals surface area contributed by atoms with Gasteiger partial charge in [0.05, 0.1) is 18.7 Å². The summed E-state index contributed by atoms with van der Waals surface area (Å²) < 4.78 is 4.85. The second kappa shape index (κ2) is 9.17. The van der Waals surface area contributed by atoms with Crippen molar-refractivity contribution in [3.8, 4) is 0 Å². The highest BCUT2D eigenvalue weighted by atomic mass is 16.5. The Labute approximate surface area is 214 Å². The van der Waals surface area contributed by atoms with Gasteiger partial charge in [0.25, 0.3) is 5.91 Å². The number of nitrogens with zero attached hydrogens (tertiary/aromatic N) is 2. The molecule has 1 heterocycles. The molecule has 5 heteroatoms. The van der Waals surface area contributed by atoms with Gasteiger partial charge in [-0.05, 0) is 92.0 Å². The van der Waals surface area contributed by atoms with Crippen LogP contribution in [-0.2, 0) is 9.53 Å². The summed E-state index contributed by atoms with van der Waals surface area (Å²) in [6, 6.07) is 15.7. The molecule has 2 aromatic carbocycles. The van der Waals surface area contributed by atoms with E-state index in [1.54, 1.807) is 12.1 Å². The largest absolute Gasteiger partial charge is 0.465 e. The Morgan fingerprint density at radius 1 is 1.06 bits per heavy atom. The topological polar surface area (TPSA) is 59.0 Å². The van der Waals surface area contributed by atoms with Crippen molar-refractivity contribution in [2.75, 3.05) is 7.11 Å². The zero-order chi connectivity index (χ0) is 25.7. The lowest BCUT2D eigenvalue weighted by Crippen LogP contribution is -2.50. The molecule has 0 bridgehead atoms. The van der Waals surface area contributed by atoms with Crippen molar-refractivity contribution in [2.45, 2.75) is 83.8 Å². The average molecular weight is 487 g/mol. The first kappa shape index (κ1) is 24.7. The average Bonchev–Trinajstić information content (AvgIpc) is 3.68. The number of benzene rings is 2. The quantitative estimate of drug-likeness (QED) is 0.443. The lowest BCUT2D eigenvalue weighted by Gasteiger charge is -2.46. The number of esters is 1. The van der Waals surface area contributed by atoms with Crippen molar-refractivity contribution in [2.24, 2.45) is 16.3 Å². The molecule has 1 aliphatic heterocycles. The number of ether oxygens (including phenoxy) is 1. The zero-order valence-corrected chi connectivity index (χ0v) is 22.2. The molecule has 2 aromatic rings. The molecule has 1 spiro atoms. The lowest BCUT2D eigenvalue weighted by atomic mass is 9.69. The molecule has 1 amide bonds. The fourth-order valence-corrected chi connectivity index (χ4v) is 6.16. The van der Waals surface area contributed by atoms with Gasteiger partial charge in [-0.2, -0.15) is 0 Å². The first-order valence-electron chi connectivity index (χ1n) is 13.3. The molecule has 0 unspecified atom stereocenters. The van der Waals surface area contributed by atoms with Crippen LogP contribution in [0.15, 0.2) is 53.5 Å². The minimum Gasteiger partial charge on any atom is -0.465 e.